The van der Waals surface area contributed by atoms with Crippen LogP contribution in [0.1, 0.15) is 41.8 Å². The van der Waals surface area contributed by atoms with Crippen LogP contribution in [0, 0.1) is 13.8 Å². The molecule has 1 aromatic carbocycles. The predicted octanol–water partition coefficient (Wildman–Crippen LogP) is 2.51. The molecule has 1 unspecified atom stereocenters. The Labute approximate surface area is 251 Å². The SMILES string of the molecule is COc1cc(C)c(S(=O)(=O)N2CCCCC2COCC(=O)N2CCn3c(CCN4CCN(C)CC4)ccc3C2)c(C)c1. The summed E-state index contributed by atoms with van der Waals surface area (Å²) in [4.78, 5) is 20.2. The highest BCUT2D eigenvalue weighted by atomic mass is 32.2. The van der Waals surface area contributed by atoms with Gasteiger partial charge in [0.2, 0.25) is 15.9 Å². The molecular weight excluding hydrogens is 554 g/mol. The van der Waals surface area contributed by atoms with E-state index in [4.69, 9.17) is 9.47 Å². The molecule has 0 N–H and O–H groups in total. The highest BCUT2D eigenvalue weighted by Gasteiger charge is 2.36. The number of aromatic nitrogens is 1. The van der Waals surface area contributed by atoms with Gasteiger partial charge in [-0.2, -0.15) is 4.31 Å². The molecule has 0 saturated carbocycles. The number of piperidine rings is 1. The topological polar surface area (TPSA) is 87.6 Å². The number of fused-ring (bicyclic) bond motifs is 1. The van der Waals surface area contributed by atoms with E-state index in [0.717, 1.165) is 70.6 Å². The summed E-state index contributed by atoms with van der Waals surface area (Å²) in [5.41, 5.74) is 3.85. The molecule has 2 saturated heterocycles. The van der Waals surface area contributed by atoms with Crippen LogP contribution in [-0.2, 0) is 39.1 Å². The summed E-state index contributed by atoms with van der Waals surface area (Å²) >= 11 is 0. The van der Waals surface area contributed by atoms with Crippen molar-refractivity contribution in [3.05, 3.63) is 46.8 Å². The molecule has 4 heterocycles. The number of amides is 1. The zero-order valence-electron chi connectivity index (χ0n) is 25.7. The summed E-state index contributed by atoms with van der Waals surface area (Å²) in [5.74, 6) is 0.598. The van der Waals surface area contributed by atoms with E-state index in [1.165, 1.54) is 5.69 Å². The first-order valence-electron chi connectivity index (χ1n) is 15.3. The molecule has 42 heavy (non-hydrogen) atoms. The van der Waals surface area contributed by atoms with Crippen LogP contribution in [0.2, 0.25) is 0 Å². The number of nitrogens with zero attached hydrogens (tertiary/aromatic N) is 5. The minimum atomic E-state index is -3.72. The van der Waals surface area contributed by atoms with E-state index in [1.807, 2.05) is 18.7 Å². The summed E-state index contributed by atoms with van der Waals surface area (Å²) in [6, 6.07) is 7.59. The number of ether oxygens (including phenoxy) is 2. The summed E-state index contributed by atoms with van der Waals surface area (Å²) < 4.78 is 42.8. The molecular formula is C31H47N5O5S. The Morgan fingerprint density at radius 2 is 1.71 bits per heavy atom. The van der Waals surface area contributed by atoms with Gasteiger partial charge < -0.3 is 28.7 Å². The quantitative estimate of drug-likeness (QED) is 0.414. The fourth-order valence-electron chi connectivity index (χ4n) is 6.64. The molecule has 1 amide bonds. The summed E-state index contributed by atoms with van der Waals surface area (Å²) in [7, 11) is 0.0404. The van der Waals surface area contributed by atoms with Crippen LogP contribution >= 0.6 is 0 Å². The zero-order chi connectivity index (χ0) is 29.9. The van der Waals surface area contributed by atoms with Crippen molar-refractivity contribution in [1.29, 1.82) is 0 Å². The maximum atomic E-state index is 13.8. The Bertz CT molecular complexity index is 1330. The van der Waals surface area contributed by atoms with Gasteiger partial charge in [0, 0.05) is 76.2 Å². The molecule has 232 valence electrons. The highest BCUT2D eigenvalue weighted by molar-refractivity contribution is 7.89. The number of likely N-dealkylation sites (N-methyl/N-ethyl adjacent to an activating group) is 1. The van der Waals surface area contributed by atoms with Gasteiger partial charge >= 0.3 is 0 Å². The van der Waals surface area contributed by atoms with Crippen LogP contribution in [0.5, 0.6) is 5.75 Å². The van der Waals surface area contributed by atoms with Crippen molar-refractivity contribution < 1.29 is 22.7 Å². The lowest BCUT2D eigenvalue weighted by molar-refractivity contribution is -0.138. The van der Waals surface area contributed by atoms with Gasteiger partial charge in [-0.15, -0.1) is 0 Å². The minimum Gasteiger partial charge on any atom is -0.497 e. The van der Waals surface area contributed by atoms with Crippen LogP contribution in [0.25, 0.3) is 0 Å². The fourth-order valence-corrected chi connectivity index (χ4v) is 8.73. The van der Waals surface area contributed by atoms with Gasteiger partial charge in [0.25, 0.3) is 0 Å². The molecule has 11 heteroatoms. The van der Waals surface area contributed by atoms with E-state index in [0.29, 0.717) is 41.4 Å². The predicted molar refractivity (Wildman–Crippen MR) is 162 cm³/mol. The standard InChI is InChI=1S/C31H47N5O5S/c1-24-19-29(40-4)20-25(2)31(24)42(38,39)36-11-6-5-7-28(36)22-41-23-30(37)34-17-18-35-26(8-9-27(35)21-34)10-12-33-15-13-32(3)14-16-33/h8-9,19-20,28H,5-7,10-18,21-23H2,1-4H3. The van der Waals surface area contributed by atoms with Crippen LogP contribution < -0.4 is 4.74 Å². The average Bonchev–Trinajstić information content (AvgIpc) is 3.38. The van der Waals surface area contributed by atoms with Crippen LogP contribution in [-0.4, -0.2) is 117 Å². The van der Waals surface area contributed by atoms with Gasteiger partial charge in [0.15, 0.2) is 0 Å². The van der Waals surface area contributed by atoms with Crippen molar-refractivity contribution in [2.45, 2.75) is 63.6 Å². The van der Waals surface area contributed by atoms with Gasteiger partial charge in [0.05, 0.1) is 25.2 Å². The molecule has 2 fully saturated rings. The number of sulfonamides is 1. The number of methoxy groups -OCH3 is 1. The third-order valence-electron chi connectivity index (χ3n) is 9.09. The Kier molecular flexibility index (Phi) is 9.94. The molecule has 0 radical (unpaired) electrons. The minimum absolute atomic E-state index is 0.0397. The van der Waals surface area contributed by atoms with Crippen molar-refractivity contribution in [2.24, 2.45) is 0 Å². The molecule has 0 bridgehead atoms. The number of hydrogen-bond donors (Lipinski definition) is 0. The molecule has 3 aliphatic heterocycles. The molecule has 2 aromatic rings. The normalized spacial score (nSPS) is 21.0. The van der Waals surface area contributed by atoms with Gasteiger partial charge in [-0.25, -0.2) is 8.42 Å². The third-order valence-corrected chi connectivity index (χ3v) is 11.3. The first-order chi connectivity index (χ1) is 20.2. The van der Waals surface area contributed by atoms with E-state index in [1.54, 1.807) is 23.5 Å². The van der Waals surface area contributed by atoms with E-state index >= 15 is 0 Å². The second kappa shape index (κ2) is 13.5. The Morgan fingerprint density at radius 3 is 2.43 bits per heavy atom. The maximum absolute atomic E-state index is 13.8. The van der Waals surface area contributed by atoms with Crippen molar-refractivity contribution >= 4 is 15.9 Å². The molecule has 5 rings (SSSR count). The fraction of sp³-hybridized carbons (Fsp3) is 0.645. The Hall–Kier alpha value is -2.44. The molecule has 1 atom stereocenters. The Morgan fingerprint density at radius 1 is 0.976 bits per heavy atom. The molecule has 3 aliphatic rings. The second-order valence-corrected chi connectivity index (χ2v) is 13.9. The number of hydrogen-bond acceptors (Lipinski definition) is 7. The smallest absolute Gasteiger partial charge is 0.248 e. The summed E-state index contributed by atoms with van der Waals surface area (Å²) in [6.07, 6.45) is 3.50. The Balaban J connectivity index is 1.14. The van der Waals surface area contributed by atoms with Gasteiger partial charge in [-0.3, -0.25) is 4.79 Å². The maximum Gasteiger partial charge on any atom is 0.248 e. The monoisotopic (exact) mass is 601 g/mol. The van der Waals surface area contributed by atoms with E-state index < -0.39 is 10.0 Å². The number of aryl methyl sites for hydroxylation is 2. The lowest BCUT2D eigenvalue weighted by atomic mass is 10.1. The zero-order valence-corrected chi connectivity index (χ0v) is 26.5. The van der Waals surface area contributed by atoms with Crippen LogP contribution in [0.15, 0.2) is 29.2 Å². The van der Waals surface area contributed by atoms with Gasteiger partial charge in [-0.1, -0.05) is 6.42 Å². The second-order valence-electron chi connectivity index (χ2n) is 12.0. The number of benzene rings is 1. The number of carbonyl (C=O) groups is 1. The lowest BCUT2D eigenvalue weighted by Crippen LogP contribution is -2.47. The van der Waals surface area contributed by atoms with E-state index in [2.05, 4.69) is 33.5 Å². The summed E-state index contributed by atoms with van der Waals surface area (Å²) in [6.45, 7) is 11.8. The first kappa shape index (κ1) is 31.0. The van der Waals surface area contributed by atoms with Crippen molar-refractivity contribution in [2.75, 3.05) is 73.2 Å². The van der Waals surface area contributed by atoms with Crippen molar-refractivity contribution in [3.63, 3.8) is 0 Å². The van der Waals surface area contributed by atoms with Crippen molar-refractivity contribution in [1.82, 2.24) is 23.6 Å². The molecule has 0 spiro atoms. The van der Waals surface area contributed by atoms with Gasteiger partial charge in [-0.05, 0) is 69.1 Å². The third kappa shape index (κ3) is 6.86. The van der Waals surface area contributed by atoms with E-state index in [9.17, 15) is 13.2 Å². The van der Waals surface area contributed by atoms with E-state index in [-0.39, 0.29) is 25.2 Å². The largest absolute Gasteiger partial charge is 0.497 e. The average molecular weight is 602 g/mol. The van der Waals surface area contributed by atoms with Crippen molar-refractivity contribution in [3.8, 4) is 5.75 Å². The molecule has 0 aliphatic carbocycles. The van der Waals surface area contributed by atoms with Gasteiger partial charge in [0.1, 0.15) is 12.4 Å². The lowest BCUT2D eigenvalue weighted by Gasteiger charge is -2.35. The summed E-state index contributed by atoms with van der Waals surface area (Å²) in [5, 5.41) is 0. The number of carbonyl (C=O) groups excluding carboxylic acids is 1. The number of piperazine rings is 1. The first-order valence-corrected chi connectivity index (χ1v) is 16.7. The van der Waals surface area contributed by atoms with Crippen LogP contribution in [0.3, 0.4) is 0 Å². The highest BCUT2D eigenvalue weighted by Crippen LogP contribution is 2.32. The molecule has 10 nitrogen and oxygen atoms in total. The molecule has 1 aromatic heterocycles. The van der Waals surface area contributed by atoms with Crippen LogP contribution in [0.4, 0.5) is 0 Å². The number of rotatable bonds is 10.